The molecule has 2 nitrogen and oxygen atoms in total. The van der Waals surface area contributed by atoms with Crippen LogP contribution in [0.5, 0.6) is 0 Å². The van der Waals surface area contributed by atoms with Crippen molar-refractivity contribution in [2.45, 2.75) is 46.8 Å². The fourth-order valence-corrected chi connectivity index (χ4v) is 8.65. The van der Waals surface area contributed by atoms with Crippen molar-refractivity contribution in [3.8, 4) is 33.6 Å². The fourth-order valence-electron chi connectivity index (χ4n) is 5.85. The summed E-state index contributed by atoms with van der Waals surface area (Å²) in [7, 11) is -1.34. The number of halogens is 1. The Kier molecular flexibility index (Phi) is 9.95. The third-order valence-corrected chi connectivity index (χ3v) is 11.4. The molecule has 0 N–H and O–H groups in total. The van der Waals surface area contributed by atoms with E-state index in [4.69, 9.17) is 4.11 Å². The van der Waals surface area contributed by atoms with Gasteiger partial charge in [0.05, 0.1) is 12.8 Å². The maximum Gasteiger partial charge on any atom is 0.140 e. The van der Waals surface area contributed by atoms with Gasteiger partial charge < -0.3 is 9.97 Å². The second-order valence-electron chi connectivity index (χ2n) is 13.1. The van der Waals surface area contributed by atoms with Crippen LogP contribution in [-0.2, 0) is 26.5 Å². The van der Waals surface area contributed by atoms with Gasteiger partial charge in [0.25, 0.3) is 0 Å². The Morgan fingerprint density at radius 1 is 0.812 bits per heavy atom. The fraction of sp³-hybridized carbons (Fsp3) is 0.190. The average molecular weight is 846 g/mol. The maximum atomic E-state index is 14.4. The molecule has 0 bridgehead atoms. The number of benzene rings is 4. The van der Waals surface area contributed by atoms with Gasteiger partial charge >= 0.3 is 0 Å². The number of hydrogen-bond donors (Lipinski definition) is 0. The zero-order chi connectivity index (χ0) is 35.6. The van der Waals surface area contributed by atoms with E-state index in [1.807, 2.05) is 60.7 Å². The van der Waals surface area contributed by atoms with Crippen molar-refractivity contribution in [3.05, 3.63) is 139 Å². The van der Waals surface area contributed by atoms with Crippen LogP contribution < -0.4 is 5.19 Å². The number of hydrogen-bond acceptors (Lipinski definition) is 3. The van der Waals surface area contributed by atoms with E-state index in [1.54, 1.807) is 18.2 Å². The van der Waals surface area contributed by atoms with E-state index >= 15 is 0 Å². The first-order valence-electron chi connectivity index (χ1n) is 17.4. The van der Waals surface area contributed by atoms with E-state index < -0.39 is 14.9 Å². The minimum atomic E-state index is -2.28. The van der Waals surface area contributed by atoms with Crippen LogP contribution in [0.4, 0.5) is 4.39 Å². The number of pyridine rings is 2. The molecule has 3 heterocycles. The summed E-state index contributed by atoms with van der Waals surface area (Å²) in [4.78, 5) is 9.15. The van der Waals surface area contributed by atoms with Gasteiger partial charge in [-0.05, 0) is 68.6 Å². The molecule has 1 radical (unpaired) electrons. The van der Waals surface area contributed by atoms with E-state index in [0.29, 0.717) is 21.9 Å². The first-order chi connectivity index (χ1) is 23.8. The van der Waals surface area contributed by atoms with Gasteiger partial charge in [0.2, 0.25) is 0 Å². The van der Waals surface area contributed by atoms with Gasteiger partial charge in [0.1, 0.15) is 5.82 Å². The average Bonchev–Trinajstić information content (AvgIpc) is 3.48. The predicted molar refractivity (Wildman–Crippen MR) is 202 cm³/mol. The number of aryl methyl sites for hydroxylation is 1. The van der Waals surface area contributed by atoms with Gasteiger partial charge in [-0.1, -0.05) is 99.0 Å². The van der Waals surface area contributed by atoms with Crippen molar-refractivity contribution in [2.75, 3.05) is 0 Å². The molecule has 0 saturated heterocycles. The molecule has 245 valence electrons. The Morgan fingerprint density at radius 2 is 1.56 bits per heavy atom. The quantitative estimate of drug-likeness (QED) is 0.123. The number of aromatic nitrogens is 2. The number of thiophene rings is 1. The van der Waals surface area contributed by atoms with Crippen molar-refractivity contribution in [1.82, 2.24) is 9.97 Å². The molecular weight excluding hydrogens is 804 g/mol. The molecule has 0 aliphatic rings. The van der Waals surface area contributed by atoms with E-state index in [1.165, 1.54) is 34.4 Å². The minimum Gasteiger partial charge on any atom is -0.305 e. The summed E-state index contributed by atoms with van der Waals surface area (Å²) in [6, 6.07) is 36.8. The molecule has 0 amide bonds. The van der Waals surface area contributed by atoms with Crippen LogP contribution in [0.15, 0.2) is 109 Å². The zero-order valence-electron chi connectivity index (χ0n) is 30.7. The minimum absolute atomic E-state index is 0. The SMILES string of the molecule is CC(C)Cc1cc(-c2[c-]cccc2)ncc1[Si](C)(C)C.[2H]C([2H])([2H])c1cnc(-c2[c-]ccc3c2sc2c(F)cccc23)cc1-c1ccccc1.[Ir]. The van der Waals surface area contributed by atoms with Gasteiger partial charge in [0, 0.05) is 36.6 Å². The molecule has 3 aromatic heterocycles. The second-order valence-corrected chi connectivity index (χ2v) is 19.2. The zero-order valence-corrected chi connectivity index (χ0v) is 31.9. The summed E-state index contributed by atoms with van der Waals surface area (Å²) >= 11 is 1.36. The molecule has 0 aliphatic heterocycles. The van der Waals surface area contributed by atoms with Gasteiger partial charge in [-0.15, -0.1) is 59.7 Å². The van der Waals surface area contributed by atoms with E-state index in [-0.39, 0.29) is 31.5 Å². The predicted octanol–water partition coefficient (Wildman–Crippen LogP) is 11.3. The number of fused-ring (bicyclic) bond motifs is 3. The van der Waals surface area contributed by atoms with Crippen molar-refractivity contribution >= 4 is 44.8 Å². The number of rotatable bonds is 6. The van der Waals surface area contributed by atoms with Crippen LogP contribution in [-0.4, -0.2) is 18.0 Å². The van der Waals surface area contributed by atoms with Gasteiger partial charge in [-0.25, -0.2) is 4.39 Å². The summed E-state index contributed by atoms with van der Waals surface area (Å²) < 4.78 is 39.6. The molecule has 6 heteroatoms. The molecule has 7 rings (SSSR count). The Bertz CT molecular complexity index is 2270. The molecule has 0 aliphatic carbocycles. The molecule has 0 saturated carbocycles. The Morgan fingerprint density at radius 3 is 2.27 bits per heavy atom. The van der Waals surface area contributed by atoms with Crippen LogP contribution in [0.3, 0.4) is 0 Å². The summed E-state index contributed by atoms with van der Waals surface area (Å²) in [5.74, 6) is 0.412. The molecule has 48 heavy (non-hydrogen) atoms. The van der Waals surface area contributed by atoms with Gasteiger partial charge in [0.15, 0.2) is 0 Å². The molecular formula is C42H39FIrN2SSi-2. The largest absolute Gasteiger partial charge is 0.305 e. The molecule has 7 aromatic rings. The summed E-state index contributed by atoms with van der Waals surface area (Å²) in [5, 5.41) is 3.28. The van der Waals surface area contributed by atoms with Crippen LogP contribution >= 0.6 is 11.3 Å². The van der Waals surface area contributed by atoms with Crippen LogP contribution in [0.25, 0.3) is 53.8 Å². The molecule has 4 aromatic carbocycles. The topological polar surface area (TPSA) is 25.8 Å². The standard InChI is InChI=1S/C24H15FNS.C18H24NSi.Ir/c1-15-14-26-22(13-20(15)16-7-3-2-4-8-16)19-11-5-9-17-18-10-6-12-21(25)24(18)27-23(17)19;1-14(2)11-16-12-17(15-9-7-6-8-10-15)19-13-18(16)20(3,4)5;/h2-10,12-14H,1H3;6-9,12-14H,11H2,1-5H3;/q2*-1;/i1D3;;. The summed E-state index contributed by atoms with van der Waals surface area (Å²) in [5.41, 5.74) is 6.57. The van der Waals surface area contributed by atoms with Crippen LogP contribution in [0.2, 0.25) is 19.6 Å². The van der Waals surface area contributed by atoms with Crippen molar-refractivity contribution in [1.29, 1.82) is 0 Å². The molecule has 0 unspecified atom stereocenters. The molecule has 0 fully saturated rings. The number of nitrogens with zero attached hydrogens (tertiary/aromatic N) is 2. The summed E-state index contributed by atoms with van der Waals surface area (Å²) in [6.07, 6.45) is 4.66. The van der Waals surface area contributed by atoms with Crippen molar-refractivity contribution in [3.63, 3.8) is 0 Å². The molecule has 0 atom stereocenters. The van der Waals surface area contributed by atoms with E-state index in [0.717, 1.165) is 44.3 Å². The van der Waals surface area contributed by atoms with Crippen LogP contribution in [0, 0.1) is 30.7 Å². The third kappa shape index (κ3) is 7.74. The second kappa shape index (κ2) is 15.2. The van der Waals surface area contributed by atoms with Crippen molar-refractivity contribution in [2.24, 2.45) is 5.92 Å². The summed E-state index contributed by atoms with van der Waals surface area (Å²) in [6.45, 7) is 9.45. The monoisotopic (exact) mass is 846 g/mol. The first-order valence-corrected chi connectivity index (χ1v) is 20.2. The normalized spacial score (nSPS) is 12.5. The molecule has 0 spiro atoms. The Hall–Kier alpha value is -3.80. The van der Waals surface area contributed by atoms with Gasteiger partial charge in [-0.2, -0.15) is 11.3 Å². The smallest absolute Gasteiger partial charge is 0.140 e. The third-order valence-electron chi connectivity index (χ3n) is 8.07. The van der Waals surface area contributed by atoms with Crippen LogP contribution in [0.1, 0.15) is 29.1 Å². The van der Waals surface area contributed by atoms with Gasteiger partial charge in [-0.3, -0.25) is 0 Å². The Balaban J connectivity index is 0.000000211. The first kappa shape index (κ1) is 31.5. The Labute approximate surface area is 306 Å². The van der Waals surface area contributed by atoms with Crippen molar-refractivity contribution < 1.29 is 28.6 Å². The van der Waals surface area contributed by atoms with E-state index in [9.17, 15) is 4.39 Å². The maximum absolute atomic E-state index is 14.4. The van der Waals surface area contributed by atoms with E-state index in [2.05, 4.69) is 73.9 Å².